The number of hydrogen-bond donors (Lipinski definition) is 0. The Labute approximate surface area is 131 Å². The number of allylic oxidation sites excluding steroid dienone is 2. The minimum atomic E-state index is -0.533. The van der Waals surface area contributed by atoms with E-state index < -0.39 is 5.41 Å². The SMILES string of the molecule is COc1cc2c(cc1C)C(=O)CC1C(C)(C)C(=O)C=C[C@]21C. The summed E-state index contributed by atoms with van der Waals surface area (Å²) in [7, 11) is 1.64. The van der Waals surface area contributed by atoms with Gasteiger partial charge in [-0.3, -0.25) is 9.59 Å². The highest BCUT2D eigenvalue weighted by Gasteiger charge is 2.53. The topological polar surface area (TPSA) is 43.4 Å². The van der Waals surface area contributed by atoms with Crippen LogP contribution in [0.5, 0.6) is 5.75 Å². The molecule has 0 saturated heterocycles. The second-order valence-corrected chi connectivity index (χ2v) is 7.25. The normalized spacial score (nSPS) is 29.0. The van der Waals surface area contributed by atoms with Crippen molar-refractivity contribution in [1.82, 2.24) is 0 Å². The van der Waals surface area contributed by atoms with Gasteiger partial charge in [-0.25, -0.2) is 0 Å². The quantitative estimate of drug-likeness (QED) is 0.795. The summed E-state index contributed by atoms with van der Waals surface area (Å²) >= 11 is 0. The minimum absolute atomic E-state index is 0.0232. The average molecular weight is 298 g/mol. The lowest BCUT2D eigenvalue weighted by Gasteiger charge is -2.49. The second-order valence-electron chi connectivity index (χ2n) is 7.25. The van der Waals surface area contributed by atoms with Crippen LogP contribution in [0.15, 0.2) is 24.3 Å². The number of aryl methyl sites for hydroxylation is 1. The predicted molar refractivity (Wildman–Crippen MR) is 85.4 cm³/mol. The minimum Gasteiger partial charge on any atom is -0.496 e. The third-order valence-electron chi connectivity index (χ3n) is 5.62. The molecule has 0 saturated carbocycles. The van der Waals surface area contributed by atoms with Crippen molar-refractivity contribution in [1.29, 1.82) is 0 Å². The summed E-state index contributed by atoms with van der Waals surface area (Å²) < 4.78 is 5.44. The number of Topliss-reactive ketones (excluding diaryl/α,β-unsaturated/α-hetero) is 1. The fourth-order valence-corrected chi connectivity index (χ4v) is 4.13. The molecule has 3 rings (SSSR count). The molecule has 0 aliphatic heterocycles. The van der Waals surface area contributed by atoms with Gasteiger partial charge in [0.2, 0.25) is 0 Å². The zero-order valence-corrected chi connectivity index (χ0v) is 13.8. The van der Waals surface area contributed by atoms with Gasteiger partial charge >= 0.3 is 0 Å². The zero-order chi connectivity index (χ0) is 16.3. The summed E-state index contributed by atoms with van der Waals surface area (Å²) in [5.74, 6) is 0.992. The van der Waals surface area contributed by atoms with Crippen LogP contribution < -0.4 is 4.74 Å². The monoisotopic (exact) mass is 298 g/mol. The molecule has 0 heterocycles. The van der Waals surface area contributed by atoms with Crippen LogP contribution >= 0.6 is 0 Å². The van der Waals surface area contributed by atoms with Crippen LogP contribution in [0.1, 0.15) is 48.7 Å². The lowest BCUT2D eigenvalue weighted by Crippen LogP contribution is -2.50. The molecule has 2 aliphatic rings. The van der Waals surface area contributed by atoms with Gasteiger partial charge in [0.25, 0.3) is 0 Å². The maximum absolute atomic E-state index is 12.7. The van der Waals surface area contributed by atoms with Gasteiger partial charge in [0.05, 0.1) is 7.11 Å². The van der Waals surface area contributed by atoms with Crippen molar-refractivity contribution in [2.45, 2.75) is 39.5 Å². The van der Waals surface area contributed by atoms with Crippen LogP contribution in [-0.4, -0.2) is 18.7 Å². The first-order chi connectivity index (χ1) is 10.2. The summed E-state index contributed by atoms with van der Waals surface area (Å²) in [5.41, 5.74) is 1.86. The van der Waals surface area contributed by atoms with Crippen molar-refractivity contribution in [3.63, 3.8) is 0 Å². The van der Waals surface area contributed by atoms with Crippen LogP contribution in [0.4, 0.5) is 0 Å². The Kier molecular flexibility index (Phi) is 3.10. The van der Waals surface area contributed by atoms with Crippen LogP contribution in [-0.2, 0) is 10.2 Å². The average Bonchev–Trinajstić information content (AvgIpc) is 2.46. The van der Waals surface area contributed by atoms with Gasteiger partial charge in [-0.2, -0.15) is 0 Å². The molecule has 0 radical (unpaired) electrons. The van der Waals surface area contributed by atoms with Gasteiger partial charge in [-0.05, 0) is 42.2 Å². The molecule has 0 amide bonds. The lowest BCUT2D eigenvalue weighted by molar-refractivity contribution is -0.127. The highest BCUT2D eigenvalue weighted by Crippen LogP contribution is 2.53. The Morgan fingerprint density at radius 1 is 1.18 bits per heavy atom. The summed E-state index contributed by atoms with van der Waals surface area (Å²) in [4.78, 5) is 24.9. The van der Waals surface area contributed by atoms with Gasteiger partial charge in [-0.15, -0.1) is 0 Å². The van der Waals surface area contributed by atoms with E-state index in [4.69, 9.17) is 4.74 Å². The molecular formula is C19H22O3. The molecule has 0 aromatic heterocycles. The molecule has 0 fully saturated rings. The predicted octanol–water partition coefficient (Wildman–Crippen LogP) is 3.63. The molecule has 2 aliphatic carbocycles. The Bertz CT molecular complexity index is 712. The molecule has 2 atom stereocenters. The molecule has 1 unspecified atom stereocenters. The summed E-state index contributed by atoms with van der Waals surface area (Å²) in [6.07, 6.45) is 4.08. The zero-order valence-electron chi connectivity index (χ0n) is 13.8. The molecule has 0 N–H and O–H groups in total. The first-order valence-electron chi connectivity index (χ1n) is 7.68. The van der Waals surface area contributed by atoms with Gasteiger partial charge in [-0.1, -0.05) is 26.8 Å². The molecule has 0 spiro atoms. The van der Waals surface area contributed by atoms with Crippen LogP contribution in [0, 0.1) is 18.3 Å². The van der Waals surface area contributed by atoms with E-state index in [1.807, 2.05) is 39.0 Å². The van der Waals surface area contributed by atoms with Crippen molar-refractivity contribution in [3.05, 3.63) is 41.0 Å². The van der Waals surface area contributed by atoms with Gasteiger partial charge in [0.1, 0.15) is 5.75 Å². The second kappa shape index (κ2) is 4.55. The fourth-order valence-electron chi connectivity index (χ4n) is 4.13. The van der Waals surface area contributed by atoms with E-state index in [0.717, 1.165) is 22.4 Å². The van der Waals surface area contributed by atoms with Crippen molar-refractivity contribution in [2.75, 3.05) is 7.11 Å². The first kappa shape index (κ1) is 15.0. The highest BCUT2D eigenvalue weighted by atomic mass is 16.5. The van der Waals surface area contributed by atoms with Crippen molar-refractivity contribution in [3.8, 4) is 5.75 Å². The number of methoxy groups -OCH3 is 1. The smallest absolute Gasteiger partial charge is 0.163 e. The third kappa shape index (κ3) is 1.81. The Hall–Kier alpha value is -1.90. The number of ketones is 2. The Morgan fingerprint density at radius 3 is 2.50 bits per heavy atom. The molecule has 22 heavy (non-hydrogen) atoms. The van der Waals surface area contributed by atoms with Crippen molar-refractivity contribution >= 4 is 11.6 Å². The van der Waals surface area contributed by atoms with E-state index in [1.54, 1.807) is 13.2 Å². The standard InChI is InChI=1S/C19H22O3/c1-11-8-12-13(9-15(11)22-5)19(4)7-6-17(21)18(2,3)16(19)10-14(12)20/h6-9,16H,10H2,1-5H3/t16?,19-/m1/s1. The Balaban J connectivity index is 2.29. The van der Waals surface area contributed by atoms with Crippen LogP contribution in [0.3, 0.4) is 0 Å². The number of fused-ring (bicyclic) bond motifs is 3. The first-order valence-corrected chi connectivity index (χ1v) is 7.68. The molecule has 0 bridgehead atoms. The fraction of sp³-hybridized carbons (Fsp3) is 0.474. The van der Waals surface area contributed by atoms with E-state index in [-0.39, 0.29) is 22.9 Å². The lowest BCUT2D eigenvalue weighted by atomic mass is 9.52. The molecule has 116 valence electrons. The number of hydrogen-bond acceptors (Lipinski definition) is 3. The largest absolute Gasteiger partial charge is 0.496 e. The molecule has 1 aromatic carbocycles. The summed E-state index contributed by atoms with van der Waals surface area (Å²) in [5, 5.41) is 0. The van der Waals surface area contributed by atoms with E-state index in [1.165, 1.54) is 0 Å². The van der Waals surface area contributed by atoms with Gasteiger partial charge in [0, 0.05) is 22.8 Å². The number of carbonyl (C=O) groups is 2. The molecule has 3 heteroatoms. The number of carbonyl (C=O) groups excluding carboxylic acids is 2. The number of ether oxygens (including phenoxy) is 1. The number of benzene rings is 1. The number of rotatable bonds is 1. The van der Waals surface area contributed by atoms with E-state index in [0.29, 0.717) is 6.42 Å². The van der Waals surface area contributed by atoms with Crippen molar-refractivity contribution in [2.24, 2.45) is 11.3 Å². The van der Waals surface area contributed by atoms with Crippen LogP contribution in [0.25, 0.3) is 0 Å². The van der Waals surface area contributed by atoms with Crippen LogP contribution in [0.2, 0.25) is 0 Å². The Morgan fingerprint density at radius 2 is 1.86 bits per heavy atom. The van der Waals surface area contributed by atoms with Gasteiger partial charge in [0.15, 0.2) is 11.6 Å². The maximum atomic E-state index is 12.7. The van der Waals surface area contributed by atoms with Crippen molar-refractivity contribution < 1.29 is 14.3 Å². The molecule has 3 nitrogen and oxygen atoms in total. The van der Waals surface area contributed by atoms with E-state index in [2.05, 4.69) is 6.92 Å². The van der Waals surface area contributed by atoms with E-state index >= 15 is 0 Å². The molecular weight excluding hydrogens is 276 g/mol. The molecule has 1 aromatic rings. The summed E-state index contributed by atoms with van der Waals surface area (Å²) in [6, 6.07) is 3.90. The van der Waals surface area contributed by atoms with Gasteiger partial charge < -0.3 is 4.74 Å². The highest BCUT2D eigenvalue weighted by molar-refractivity contribution is 6.03. The maximum Gasteiger partial charge on any atom is 0.163 e. The van der Waals surface area contributed by atoms with E-state index in [9.17, 15) is 9.59 Å². The summed E-state index contributed by atoms with van der Waals surface area (Å²) in [6.45, 7) is 7.98. The third-order valence-corrected chi connectivity index (χ3v) is 5.62.